The minimum absolute atomic E-state index is 0.0675. The minimum Gasteiger partial charge on any atom is -0.494 e. The van der Waals surface area contributed by atoms with Crippen molar-refractivity contribution in [2.75, 3.05) is 20.8 Å². The van der Waals surface area contributed by atoms with E-state index >= 15 is 0 Å². The molecule has 1 atom stereocenters. The summed E-state index contributed by atoms with van der Waals surface area (Å²) in [6.45, 7) is 2.70. The molecule has 1 fully saturated rings. The van der Waals surface area contributed by atoms with Gasteiger partial charge in [0.2, 0.25) is 0 Å². The Kier molecular flexibility index (Phi) is 4.25. The van der Waals surface area contributed by atoms with Gasteiger partial charge in [-0.05, 0) is 39.3 Å². The quantitative estimate of drug-likeness (QED) is 0.841. The first kappa shape index (κ1) is 13.4. The van der Waals surface area contributed by atoms with Gasteiger partial charge < -0.3 is 14.8 Å². The van der Waals surface area contributed by atoms with Crippen LogP contribution in [-0.4, -0.2) is 26.4 Å². The van der Waals surface area contributed by atoms with Crippen LogP contribution in [0, 0.1) is 0 Å². The Balaban J connectivity index is 2.32. The highest BCUT2D eigenvalue weighted by molar-refractivity contribution is 5.38. The van der Waals surface area contributed by atoms with Crippen LogP contribution < -0.4 is 10.1 Å². The molecule has 1 unspecified atom stereocenters. The van der Waals surface area contributed by atoms with E-state index in [4.69, 9.17) is 9.47 Å². The molecule has 0 aliphatic heterocycles. The van der Waals surface area contributed by atoms with E-state index in [1.54, 1.807) is 0 Å². The molecule has 3 heteroatoms. The number of nitrogens with one attached hydrogen (secondary N) is 1. The highest BCUT2D eigenvalue weighted by Gasteiger charge is 2.45. The van der Waals surface area contributed by atoms with Gasteiger partial charge in [-0.15, -0.1) is 0 Å². The monoisotopic (exact) mass is 249 g/mol. The molecule has 1 aromatic rings. The molecule has 100 valence electrons. The highest BCUT2D eigenvalue weighted by atomic mass is 16.5. The van der Waals surface area contributed by atoms with E-state index in [9.17, 15) is 0 Å². The summed E-state index contributed by atoms with van der Waals surface area (Å²) in [5.74, 6) is 0.961. The average Bonchev–Trinajstić information content (AvgIpc) is 2.35. The number of ether oxygens (including phenoxy) is 2. The summed E-state index contributed by atoms with van der Waals surface area (Å²) in [4.78, 5) is 0. The predicted octanol–water partition coefficient (Wildman–Crippen LogP) is 2.91. The molecule has 0 amide bonds. The van der Waals surface area contributed by atoms with Crippen molar-refractivity contribution in [2.45, 2.75) is 37.8 Å². The second-order valence-electron chi connectivity index (χ2n) is 4.81. The van der Waals surface area contributed by atoms with Gasteiger partial charge in [-0.2, -0.15) is 0 Å². The molecule has 18 heavy (non-hydrogen) atoms. The molecule has 0 saturated heterocycles. The zero-order chi connectivity index (χ0) is 13.0. The van der Waals surface area contributed by atoms with Gasteiger partial charge in [0.25, 0.3) is 0 Å². The fraction of sp³-hybridized carbons (Fsp3) is 0.600. The van der Waals surface area contributed by atoms with E-state index in [0.29, 0.717) is 6.61 Å². The lowest BCUT2D eigenvalue weighted by atomic mass is 9.72. The number of likely N-dealkylation sites (N-methyl/N-ethyl adjacent to an activating group) is 1. The van der Waals surface area contributed by atoms with Gasteiger partial charge in [-0.1, -0.05) is 18.2 Å². The number of para-hydroxylation sites is 1. The molecule has 3 nitrogen and oxygen atoms in total. The lowest BCUT2D eigenvalue weighted by Crippen LogP contribution is -2.49. The van der Waals surface area contributed by atoms with Crippen LogP contribution in [0.3, 0.4) is 0 Å². The van der Waals surface area contributed by atoms with Gasteiger partial charge >= 0.3 is 0 Å². The first-order valence-corrected chi connectivity index (χ1v) is 6.71. The molecule has 0 heterocycles. The second kappa shape index (κ2) is 5.72. The van der Waals surface area contributed by atoms with E-state index in [-0.39, 0.29) is 11.6 Å². The van der Waals surface area contributed by atoms with Crippen molar-refractivity contribution in [2.24, 2.45) is 0 Å². The zero-order valence-corrected chi connectivity index (χ0v) is 11.5. The van der Waals surface area contributed by atoms with Crippen LogP contribution in [0.25, 0.3) is 0 Å². The van der Waals surface area contributed by atoms with Crippen LogP contribution in [0.4, 0.5) is 0 Å². The lowest BCUT2D eigenvalue weighted by Gasteiger charge is -2.46. The maximum atomic E-state index is 5.80. The fourth-order valence-corrected chi connectivity index (χ4v) is 2.84. The van der Waals surface area contributed by atoms with Gasteiger partial charge in [0.15, 0.2) is 0 Å². The third-order valence-electron chi connectivity index (χ3n) is 3.95. The van der Waals surface area contributed by atoms with Crippen LogP contribution in [0.1, 0.15) is 37.8 Å². The Bertz CT molecular complexity index is 382. The number of methoxy groups -OCH3 is 1. The maximum absolute atomic E-state index is 5.80. The fourth-order valence-electron chi connectivity index (χ4n) is 2.84. The molecule has 1 aliphatic carbocycles. The molecule has 1 aromatic carbocycles. The largest absolute Gasteiger partial charge is 0.494 e. The molecule has 0 radical (unpaired) electrons. The highest BCUT2D eigenvalue weighted by Crippen LogP contribution is 2.46. The van der Waals surface area contributed by atoms with Gasteiger partial charge in [-0.3, -0.25) is 0 Å². The van der Waals surface area contributed by atoms with Crippen LogP contribution in [0.2, 0.25) is 0 Å². The van der Waals surface area contributed by atoms with Crippen molar-refractivity contribution in [3.8, 4) is 5.75 Å². The van der Waals surface area contributed by atoms with Crippen LogP contribution >= 0.6 is 0 Å². The molecule has 1 aliphatic rings. The lowest BCUT2D eigenvalue weighted by molar-refractivity contribution is -0.0987. The normalized spacial score (nSPS) is 19.1. The van der Waals surface area contributed by atoms with Crippen molar-refractivity contribution < 1.29 is 9.47 Å². The molecule has 2 rings (SSSR count). The number of rotatable bonds is 6. The number of hydrogen-bond donors (Lipinski definition) is 1. The van der Waals surface area contributed by atoms with Crippen molar-refractivity contribution in [1.29, 1.82) is 0 Å². The Morgan fingerprint density at radius 2 is 2.06 bits per heavy atom. The molecular weight excluding hydrogens is 226 g/mol. The third-order valence-corrected chi connectivity index (χ3v) is 3.95. The van der Waals surface area contributed by atoms with Crippen molar-refractivity contribution in [3.63, 3.8) is 0 Å². The topological polar surface area (TPSA) is 30.5 Å². The summed E-state index contributed by atoms with van der Waals surface area (Å²) in [6, 6.07) is 8.43. The molecule has 0 bridgehead atoms. The van der Waals surface area contributed by atoms with Crippen molar-refractivity contribution in [1.82, 2.24) is 5.32 Å². The number of benzene rings is 1. The Hall–Kier alpha value is -1.06. The molecule has 1 N–H and O–H groups in total. The van der Waals surface area contributed by atoms with E-state index in [1.807, 2.05) is 33.2 Å². The van der Waals surface area contributed by atoms with Gasteiger partial charge in [0, 0.05) is 12.7 Å². The minimum atomic E-state index is -0.0675. The van der Waals surface area contributed by atoms with Crippen LogP contribution in [-0.2, 0) is 4.74 Å². The first-order valence-electron chi connectivity index (χ1n) is 6.71. The second-order valence-corrected chi connectivity index (χ2v) is 4.81. The Morgan fingerprint density at radius 3 is 2.56 bits per heavy atom. The van der Waals surface area contributed by atoms with Gasteiger partial charge in [0.05, 0.1) is 18.2 Å². The predicted molar refractivity (Wildman–Crippen MR) is 73.0 cm³/mol. The Labute approximate surface area is 109 Å². The van der Waals surface area contributed by atoms with E-state index in [2.05, 4.69) is 17.4 Å². The van der Waals surface area contributed by atoms with Gasteiger partial charge in [0.1, 0.15) is 5.75 Å². The van der Waals surface area contributed by atoms with Crippen molar-refractivity contribution in [3.05, 3.63) is 29.8 Å². The molecular formula is C15H23NO2. The summed E-state index contributed by atoms with van der Waals surface area (Å²) in [5.41, 5.74) is 1.13. The third kappa shape index (κ3) is 2.25. The van der Waals surface area contributed by atoms with Gasteiger partial charge in [-0.25, -0.2) is 0 Å². The summed E-state index contributed by atoms with van der Waals surface area (Å²) < 4.78 is 11.5. The first-order chi connectivity index (χ1) is 8.77. The summed E-state index contributed by atoms with van der Waals surface area (Å²) in [7, 11) is 3.80. The van der Waals surface area contributed by atoms with E-state index in [0.717, 1.165) is 18.6 Å². The number of hydrogen-bond acceptors (Lipinski definition) is 3. The summed E-state index contributed by atoms with van der Waals surface area (Å²) in [6.07, 6.45) is 3.45. The van der Waals surface area contributed by atoms with Crippen LogP contribution in [0.15, 0.2) is 24.3 Å². The average molecular weight is 249 g/mol. The standard InChI is InChI=1S/C15H23NO2/c1-4-18-13-9-6-5-8-12(13)14(16-2)15(17-3)10-7-11-15/h5-6,8-9,14,16H,4,7,10-11H2,1-3H3. The zero-order valence-electron chi connectivity index (χ0n) is 11.5. The van der Waals surface area contributed by atoms with E-state index < -0.39 is 0 Å². The summed E-state index contributed by atoms with van der Waals surface area (Å²) in [5, 5.41) is 3.41. The molecule has 0 aromatic heterocycles. The van der Waals surface area contributed by atoms with E-state index in [1.165, 1.54) is 12.0 Å². The molecule has 0 spiro atoms. The Morgan fingerprint density at radius 1 is 1.33 bits per heavy atom. The summed E-state index contributed by atoms with van der Waals surface area (Å²) >= 11 is 0. The van der Waals surface area contributed by atoms with Crippen molar-refractivity contribution >= 4 is 0 Å². The maximum Gasteiger partial charge on any atom is 0.124 e. The molecule has 1 saturated carbocycles. The smallest absolute Gasteiger partial charge is 0.124 e. The SMILES string of the molecule is CCOc1ccccc1C(NC)C1(OC)CCC1. The van der Waals surface area contributed by atoms with Crippen LogP contribution in [0.5, 0.6) is 5.75 Å².